The van der Waals surface area contributed by atoms with Crippen molar-refractivity contribution in [3.05, 3.63) is 28.2 Å². The molecule has 5 heteroatoms. The minimum absolute atomic E-state index is 0.153. The van der Waals surface area contributed by atoms with Crippen molar-refractivity contribution in [3.63, 3.8) is 0 Å². The standard InChI is InChI=1S/C18H27BrN2O2/c1-13(2)21-10-8-15(9-11-21)20-18(22)7-5-14-4-6-17(23-3)16(19)12-14/h4,6,12-13,15H,5,7-11H2,1-3H3,(H,20,22). The highest BCUT2D eigenvalue weighted by Gasteiger charge is 2.21. The van der Waals surface area contributed by atoms with Crippen LogP contribution in [0.25, 0.3) is 0 Å². The fourth-order valence-corrected chi connectivity index (χ4v) is 3.57. The number of hydrogen-bond acceptors (Lipinski definition) is 3. The first-order valence-electron chi connectivity index (χ1n) is 8.35. The summed E-state index contributed by atoms with van der Waals surface area (Å²) >= 11 is 3.48. The Morgan fingerprint density at radius 3 is 2.65 bits per heavy atom. The van der Waals surface area contributed by atoms with Crippen LogP contribution >= 0.6 is 15.9 Å². The van der Waals surface area contributed by atoms with Gasteiger partial charge in [0.1, 0.15) is 5.75 Å². The van der Waals surface area contributed by atoms with E-state index in [0.29, 0.717) is 18.5 Å². The van der Waals surface area contributed by atoms with Crippen LogP contribution in [0.4, 0.5) is 0 Å². The molecule has 23 heavy (non-hydrogen) atoms. The number of aryl methyl sites for hydroxylation is 1. The molecule has 1 aromatic carbocycles. The number of benzene rings is 1. The Morgan fingerprint density at radius 2 is 2.09 bits per heavy atom. The van der Waals surface area contributed by atoms with Gasteiger partial charge in [-0.15, -0.1) is 0 Å². The highest BCUT2D eigenvalue weighted by molar-refractivity contribution is 9.10. The molecule has 1 heterocycles. The summed E-state index contributed by atoms with van der Waals surface area (Å²) < 4.78 is 6.15. The quantitative estimate of drug-likeness (QED) is 0.819. The van der Waals surface area contributed by atoms with Gasteiger partial charge in [-0.05, 0) is 66.7 Å². The molecule has 1 N–H and O–H groups in total. The van der Waals surface area contributed by atoms with Gasteiger partial charge in [-0.2, -0.15) is 0 Å². The highest BCUT2D eigenvalue weighted by Crippen LogP contribution is 2.26. The average Bonchev–Trinajstić information content (AvgIpc) is 2.53. The number of carbonyl (C=O) groups is 1. The predicted molar refractivity (Wildman–Crippen MR) is 96.9 cm³/mol. The minimum atomic E-state index is 0.153. The normalized spacial score (nSPS) is 16.6. The van der Waals surface area contributed by atoms with Crippen LogP contribution in [0.1, 0.15) is 38.7 Å². The Labute approximate surface area is 147 Å². The molecule has 1 aromatic rings. The molecule has 0 saturated carbocycles. The van der Waals surface area contributed by atoms with Crippen LogP contribution in [-0.4, -0.2) is 43.1 Å². The molecule has 1 amide bonds. The molecule has 128 valence electrons. The number of ether oxygens (including phenoxy) is 1. The maximum absolute atomic E-state index is 12.1. The largest absolute Gasteiger partial charge is 0.496 e. The van der Waals surface area contributed by atoms with Gasteiger partial charge in [0.25, 0.3) is 0 Å². The van der Waals surface area contributed by atoms with Crippen LogP contribution in [-0.2, 0) is 11.2 Å². The molecule has 0 radical (unpaired) electrons. The lowest BCUT2D eigenvalue weighted by molar-refractivity contribution is -0.122. The topological polar surface area (TPSA) is 41.6 Å². The van der Waals surface area contributed by atoms with E-state index in [1.807, 2.05) is 18.2 Å². The number of carbonyl (C=O) groups excluding carboxylic acids is 1. The Hall–Kier alpha value is -1.07. The number of methoxy groups -OCH3 is 1. The van der Waals surface area contributed by atoms with Gasteiger partial charge in [0.15, 0.2) is 0 Å². The van der Waals surface area contributed by atoms with Crippen LogP contribution in [0.15, 0.2) is 22.7 Å². The summed E-state index contributed by atoms with van der Waals surface area (Å²) in [4.78, 5) is 14.6. The third kappa shape index (κ3) is 5.50. The lowest BCUT2D eigenvalue weighted by Gasteiger charge is -2.34. The van der Waals surface area contributed by atoms with E-state index < -0.39 is 0 Å². The fraction of sp³-hybridized carbons (Fsp3) is 0.611. The SMILES string of the molecule is COc1ccc(CCC(=O)NC2CCN(C(C)C)CC2)cc1Br. The molecular formula is C18H27BrN2O2. The van der Waals surface area contributed by atoms with Crippen molar-refractivity contribution in [1.29, 1.82) is 0 Å². The van der Waals surface area contributed by atoms with Crippen molar-refractivity contribution < 1.29 is 9.53 Å². The second-order valence-electron chi connectivity index (χ2n) is 6.44. The molecule has 0 unspecified atom stereocenters. The zero-order chi connectivity index (χ0) is 16.8. The number of likely N-dealkylation sites (tertiary alicyclic amines) is 1. The molecule has 0 bridgehead atoms. The van der Waals surface area contributed by atoms with Crippen molar-refractivity contribution in [2.45, 2.75) is 51.6 Å². The summed E-state index contributed by atoms with van der Waals surface area (Å²) in [5, 5.41) is 3.18. The molecule has 1 aliphatic rings. The maximum Gasteiger partial charge on any atom is 0.220 e. The molecule has 2 rings (SSSR count). The molecular weight excluding hydrogens is 356 g/mol. The number of amides is 1. The van der Waals surface area contributed by atoms with Crippen molar-refractivity contribution in [1.82, 2.24) is 10.2 Å². The number of rotatable bonds is 6. The number of nitrogens with one attached hydrogen (secondary N) is 1. The van der Waals surface area contributed by atoms with Gasteiger partial charge in [-0.1, -0.05) is 6.07 Å². The van der Waals surface area contributed by atoms with Crippen molar-refractivity contribution >= 4 is 21.8 Å². The molecule has 1 aliphatic heterocycles. The van der Waals surface area contributed by atoms with E-state index >= 15 is 0 Å². The van der Waals surface area contributed by atoms with E-state index in [1.165, 1.54) is 0 Å². The second-order valence-corrected chi connectivity index (χ2v) is 7.29. The molecule has 1 fully saturated rings. The third-order valence-corrected chi connectivity index (χ3v) is 5.10. The maximum atomic E-state index is 12.1. The zero-order valence-corrected chi connectivity index (χ0v) is 15.9. The zero-order valence-electron chi connectivity index (χ0n) is 14.3. The lowest BCUT2D eigenvalue weighted by atomic mass is 10.0. The van der Waals surface area contributed by atoms with E-state index in [-0.39, 0.29) is 5.91 Å². The summed E-state index contributed by atoms with van der Waals surface area (Å²) in [6.07, 6.45) is 3.39. The van der Waals surface area contributed by atoms with Gasteiger partial charge >= 0.3 is 0 Å². The summed E-state index contributed by atoms with van der Waals surface area (Å²) in [6, 6.07) is 6.89. The molecule has 0 spiro atoms. The second kappa shape index (κ2) is 8.69. The van der Waals surface area contributed by atoms with E-state index in [2.05, 4.69) is 40.0 Å². The molecule has 1 saturated heterocycles. The Morgan fingerprint density at radius 1 is 1.39 bits per heavy atom. The van der Waals surface area contributed by atoms with Crippen LogP contribution in [0.2, 0.25) is 0 Å². The van der Waals surface area contributed by atoms with Gasteiger partial charge in [0.2, 0.25) is 5.91 Å². The number of nitrogens with zero attached hydrogens (tertiary/aromatic N) is 1. The number of hydrogen-bond donors (Lipinski definition) is 1. The number of halogens is 1. The monoisotopic (exact) mass is 382 g/mol. The first-order valence-corrected chi connectivity index (χ1v) is 9.14. The molecule has 0 aromatic heterocycles. The number of piperidine rings is 1. The van der Waals surface area contributed by atoms with Gasteiger partial charge in [0, 0.05) is 31.6 Å². The van der Waals surface area contributed by atoms with Crippen molar-refractivity contribution in [2.75, 3.05) is 20.2 Å². The minimum Gasteiger partial charge on any atom is -0.496 e. The average molecular weight is 383 g/mol. The van der Waals surface area contributed by atoms with E-state index in [1.54, 1.807) is 7.11 Å². The van der Waals surface area contributed by atoms with Crippen LogP contribution in [0.3, 0.4) is 0 Å². The molecule has 4 nitrogen and oxygen atoms in total. The summed E-state index contributed by atoms with van der Waals surface area (Å²) in [5.74, 6) is 0.968. The first-order chi connectivity index (χ1) is 11.0. The van der Waals surface area contributed by atoms with Crippen molar-refractivity contribution in [3.8, 4) is 5.75 Å². The van der Waals surface area contributed by atoms with E-state index in [0.717, 1.165) is 48.1 Å². The van der Waals surface area contributed by atoms with E-state index in [9.17, 15) is 4.79 Å². The van der Waals surface area contributed by atoms with Crippen molar-refractivity contribution in [2.24, 2.45) is 0 Å². The Balaban J connectivity index is 1.74. The van der Waals surface area contributed by atoms with Crippen LogP contribution in [0.5, 0.6) is 5.75 Å². The third-order valence-electron chi connectivity index (χ3n) is 4.48. The summed E-state index contributed by atoms with van der Waals surface area (Å²) in [5.41, 5.74) is 1.14. The Kier molecular flexibility index (Phi) is 6.90. The predicted octanol–water partition coefficient (Wildman–Crippen LogP) is 3.38. The van der Waals surface area contributed by atoms with Gasteiger partial charge in [0.05, 0.1) is 11.6 Å². The lowest BCUT2D eigenvalue weighted by Crippen LogP contribution is -2.46. The van der Waals surface area contributed by atoms with Crippen LogP contribution < -0.4 is 10.1 Å². The smallest absolute Gasteiger partial charge is 0.220 e. The van der Waals surface area contributed by atoms with Crippen LogP contribution in [0, 0.1) is 0 Å². The molecule has 0 atom stereocenters. The van der Waals surface area contributed by atoms with E-state index in [4.69, 9.17) is 4.74 Å². The summed E-state index contributed by atoms with van der Waals surface area (Å²) in [6.45, 7) is 6.61. The molecule has 0 aliphatic carbocycles. The first kappa shape index (κ1) is 18.3. The highest BCUT2D eigenvalue weighted by atomic mass is 79.9. The van der Waals surface area contributed by atoms with Gasteiger partial charge in [-0.3, -0.25) is 4.79 Å². The Bertz CT molecular complexity index is 526. The fourth-order valence-electron chi connectivity index (χ4n) is 2.98. The van der Waals surface area contributed by atoms with Gasteiger partial charge in [-0.25, -0.2) is 0 Å². The summed E-state index contributed by atoms with van der Waals surface area (Å²) in [7, 11) is 1.65. The van der Waals surface area contributed by atoms with Gasteiger partial charge < -0.3 is 15.0 Å².